The molecule has 0 radical (unpaired) electrons. The monoisotopic (exact) mass is 180 g/mol. The minimum absolute atomic E-state index is 0.164. The number of hydrogen-bond donors (Lipinski definition) is 0. The van der Waals surface area contributed by atoms with Crippen LogP contribution in [0.1, 0.15) is 26.2 Å². The topological polar surface area (TPSA) is 27.0 Å². The lowest BCUT2D eigenvalue weighted by Gasteiger charge is -2.14. The van der Waals surface area contributed by atoms with Gasteiger partial charge in [0.15, 0.2) is 0 Å². The number of hydrogen-bond acceptors (Lipinski definition) is 2. The van der Waals surface area contributed by atoms with Crippen LogP contribution in [-0.4, -0.2) is 25.5 Å². The van der Waals surface area contributed by atoms with E-state index in [4.69, 9.17) is 5.26 Å². The maximum atomic E-state index is 8.84. The molecule has 0 N–H and O–H groups in total. The summed E-state index contributed by atoms with van der Waals surface area (Å²) in [6, 6.07) is 2.33. The third-order valence-electron chi connectivity index (χ3n) is 1.89. The second-order valence-electron chi connectivity index (χ2n) is 3.81. The average molecular weight is 180 g/mol. The van der Waals surface area contributed by atoms with Gasteiger partial charge in [0, 0.05) is 6.54 Å². The largest absolute Gasteiger partial charge is 0.305 e. The van der Waals surface area contributed by atoms with Gasteiger partial charge < -0.3 is 4.90 Å². The van der Waals surface area contributed by atoms with Gasteiger partial charge in [-0.1, -0.05) is 25.5 Å². The van der Waals surface area contributed by atoms with Crippen molar-refractivity contribution in [2.24, 2.45) is 5.92 Å². The third kappa shape index (κ3) is 6.36. The Labute approximate surface area is 81.9 Å². The molecule has 74 valence electrons. The SMILES string of the molecule is C=C(CC(C#N)CCC)CN(C)C. The van der Waals surface area contributed by atoms with Gasteiger partial charge in [-0.2, -0.15) is 5.26 Å². The first-order chi connectivity index (χ1) is 6.10. The van der Waals surface area contributed by atoms with Gasteiger partial charge in [0.05, 0.1) is 12.0 Å². The fourth-order valence-electron chi connectivity index (χ4n) is 1.42. The van der Waals surface area contributed by atoms with Crippen LogP contribution in [-0.2, 0) is 0 Å². The molecule has 0 fully saturated rings. The van der Waals surface area contributed by atoms with E-state index in [1.165, 1.54) is 0 Å². The molecule has 0 aromatic heterocycles. The van der Waals surface area contributed by atoms with Gasteiger partial charge in [-0.25, -0.2) is 0 Å². The van der Waals surface area contributed by atoms with Crippen LogP contribution in [0.5, 0.6) is 0 Å². The molecule has 0 aromatic carbocycles. The maximum Gasteiger partial charge on any atom is 0.0659 e. The Morgan fingerprint density at radius 2 is 2.15 bits per heavy atom. The lowest BCUT2D eigenvalue weighted by atomic mass is 9.97. The molecule has 0 saturated heterocycles. The van der Waals surface area contributed by atoms with Crippen molar-refractivity contribution in [3.05, 3.63) is 12.2 Å². The summed E-state index contributed by atoms with van der Waals surface area (Å²) in [5.41, 5.74) is 1.16. The zero-order valence-electron chi connectivity index (χ0n) is 9.01. The summed E-state index contributed by atoms with van der Waals surface area (Å²) in [7, 11) is 4.04. The van der Waals surface area contributed by atoms with E-state index in [1.807, 2.05) is 14.1 Å². The molecule has 2 nitrogen and oxygen atoms in total. The number of nitriles is 1. The minimum Gasteiger partial charge on any atom is -0.305 e. The maximum absolute atomic E-state index is 8.84. The molecule has 0 aliphatic rings. The lowest BCUT2D eigenvalue weighted by molar-refractivity contribution is 0.430. The van der Waals surface area contributed by atoms with E-state index >= 15 is 0 Å². The van der Waals surface area contributed by atoms with E-state index in [0.717, 1.165) is 31.4 Å². The number of rotatable bonds is 6. The van der Waals surface area contributed by atoms with Crippen molar-refractivity contribution in [1.82, 2.24) is 4.90 Å². The highest BCUT2D eigenvalue weighted by Gasteiger charge is 2.08. The van der Waals surface area contributed by atoms with Crippen molar-refractivity contribution in [2.75, 3.05) is 20.6 Å². The fraction of sp³-hybridized carbons (Fsp3) is 0.727. The molecule has 0 rings (SSSR count). The van der Waals surface area contributed by atoms with Crippen LogP contribution in [0.4, 0.5) is 0 Å². The quantitative estimate of drug-likeness (QED) is 0.587. The highest BCUT2D eigenvalue weighted by atomic mass is 15.0. The summed E-state index contributed by atoms with van der Waals surface area (Å²) in [4.78, 5) is 2.09. The van der Waals surface area contributed by atoms with Crippen LogP contribution in [0.25, 0.3) is 0 Å². The fourth-order valence-corrected chi connectivity index (χ4v) is 1.42. The van der Waals surface area contributed by atoms with Crippen LogP contribution in [0, 0.1) is 17.2 Å². The van der Waals surface area contributed by atoms with Gasteiger partial charge in [0.1, 0.15) is 0 Å². The highest BCUT2D eigenvalue weighted by Crippen LogP contribution is 2.15. The first-order valence-corrected chi connectivity index (χ1v) is 4.81. The van der Waals surface area contributed by atoms with Crippen LogP contribution in [0.3, 0.4) is 0 Å². The van der Waals surface area contributed by atoms with E-state index in [9.17, 15) is 0 Å². The molecule has 0 aliphatic carbocycles. The normalized spacial score (nSPS) is 12.5. The number of nitrogens with zero attached hydrogens (tertiary/aromatic N) is 2. The van der Waals surface area contributed by atoms with Crippen molar-refractivity contribution in [2.45, 2.75) is 26.2 Å². The van der Waals surface area contributed by atoms with E-state index in [1.54, 1.807) is 0 Å². The first-order valence-electron chi connectivity index (χ1n) is 4.81. The predicted octanol–water partition coefficient (Wildman–Crippen LogP) is 2.43. The van der Waals surface area contributed by atoms with Crippen LogP contribution in [0.15, 0.2) is 12.2 Å². The average Bonchev–Trinajstić information content (AvgIpc) is 2.02. The first kappa shape index (κ1) is 12.2. The van der Waals surface area contributed by atoms with Gasteiger partial charge in [0.25, 0.3) is 0 Å². The Morgan fingerprint density at radius 1 is 1.54 bits per heavy atom. The van der Waals surface area contributed by atoms with E-state index in [-0.39, 0.29) is 5.92 Å². The van der Waals surface area contributed by atoms with Crippen LogP contribution >= 0.6 is 0 Å². The molecule has 0 spiro atoms. The second kappa shape index (κ2) is 6.68. The standard InChI is InChI=1S/C11H20N2/c1-5-6-11(8-12)7-10(2)9-13(3)4/h11H,2,5-7,9H2,1,3-4H3. The van der Waals surface area contributed by atoms with Crippen LogP contribution < -0.4 is 0 Å². The van der Waals surface area contributed by atoms with E-state index in [0.29, 0.717) is 0 Å². The molecule has 0 saturated carbocycles. The van der Waals surface area contributed by atoms with Gasteiger partial charge >= 0.3 is 0 Å². The van der Waals surface area contributed by atoms with E-state index < -0.39 is 0 Å². The molecular formula is C11H20N2. The Bertz CT molecular complexity index is 189. The molecule has 1 unspecified atom stereocenters. The second-order valence-corrected chi connectivity index (χ2v) is 3.81. The summed E-state index contributed by atoms with van der Waals surface area (Å²) in [5, 5.41) is 8.84. The molecule has 0 heterocycles. The van der Waals surface area contributed by atoms with Gasteiger partial charge in [-0.15, -0.1) is 0 Å². The van der Waals surface area contributed by atoms with Crippen molar-refractivity contribution in [3.63, 3.8) is 0 Å². The zero-order valence-corrected chi connectivity index (χ0v) is 9.01. The molecule has 2 heteroatoms. The Balaban J connectivity index is 3.81. The van der Waals surface area contributed by atoms with Crippen molar-refractivity contribution < 1.29 is 0 Å². The summed E-state index contributed by atoms with van der Waals surface area (Å²) < 4.78 is 0. The molecule has 0 aliphatic heterocycles. The minimum atomic E-state index is 0.164. The van der Waals surface area contributed by atoms with Crippen molar-refractivity contribution in [1.29, 1.82) is 5.26 Å². The lowest BCUT2D eigenvalue weighted by Crippen LogP contribution is -2.16. The van der Waals surface area contributed by atoms with Crippen LogP contribution in [0.2, 0.25) is 0 Å². The number of likely N-dealkylation sites (N-methyl/N-ethyl adjacent to an activating group) is 1. The summed E-state index contributed by atoms with van der Waals surface area (Å²) in [6.07, 6.45) is 2.92. The highest BCUT2D eigenvalue weighted by molar-refractivity contribution is 5.02. The summed E-state index contributed by atoms with van der Waals surface area (Å²) >= 11 is 0. The molecule has 1 atom stereocenters. The molecular weight excluding hydrogens is 160 g/mol. The molecule has 0 aromatic rings. The summed E-state index contributed by atoms with van der Waals surface area (Å²) in [5.74, 6) is 0.164. The zero-order chi connectivity index (χ0) is 10.3. The van der Waals surface area contributed by atoms with Gasteiger partial charge in [-0.3, -0.25) is 0 Å². The van der Waals surface area contributed by atoms with Gasteiger partial charge in [-0.05, 0) is 26.9 Å². The molecule has 0 bridgehead atoms. The smallest absolute Gasteiger partial charge is 0.0659 e. The predicted molar refractivity (Wildman–Crippen MR) is 56.3 cm³/mol. The Morgan fingerprint density at radius 3 is 2.54 bits per heavy atom. The van der Waals surface area contributed by atoms with Crippen molar-refractivity contribution in [3.8, 4) is 6.07 Å². The third-order valence-corrected chi connectivity index (χ3v) is 1.89. The summed E-state index contributed by atoms with van der Waals surface area (Å²) in [6.45, 7) is 6.97. The Kier molecular flexibility index (Phi) is 6.26. The van der Waals surface area contributed by atoms with Crippen molar-refractivity contribution >= 4 is 0 Å². The van der Waals surface area contributed by atoms with Gasteiger partial charge in [0.2, 0.25) is 0 Å². The molecule has 13 heavy (non-hydrogen) atoms. The molecule has 0 amide bonds. The Hall–Kier alpha value is -0.810. The van der Waals surface area contributed by atoms with E-state index in [2.05, 4.69) is 24.5 Å².